The minimum absolute atomic E-state index is 0.402. The van der Waals surface area contributed by atoms with Crippen molar-refractivity contribution in [3.8, 4) is 0 Å². The molecule has 15 heavy (non-hydrogen) atoms. The fourth-order valence-corrected chi connectivity index (χ4v) is 2.09. The first kappa shape index (κ1) is 12.9. The standard InChI is InChI=1S/C12H26N2O/c1-4-6-13-7-8-14-9-11(3)15-10-12(14)5-2/h11-13H,4-10H2,1-3H3. The van der Waals surface area contributed by atoms with Crippen LogP contribution in [0, 0.1) is 0 Å². The van der Waals surface area contributed by atoms with Crippen molar-refractivity contribution < 1.29 is 4.74 Å². The highest BCUT2D eigenvalue weighted by atomic mass is 16.5. The van der Waals surface area contributed by atoms with Crippen LogP contribution in [0.1, 0.15) is 33.6 Å². The SMILES string of the molecule is CCCNCCN1CC(C)OCC1CC. The highest BCUT2D eigenvalue weighted by molar-refractivity contribution is 4.77. The van der Waals surface area contributed by atoms with Gasteiger partial charge in [-0.3, -0.25) is 4.90 Å². The number of rotatable bonds is 6. The Bertz CT molecular complexity index is 164. The predicted octanol–water partition coefficient (Wildman–Crippen LogP) is 1.49. The van der Waals surface area contributed by atoms with Crippen LogP contribution in [-0.2, 0) is 4.74 Å². The molecule has 0 bridgehead atoms. The van der Waals surface area contributed by atoms with E-state index >= 15 is 0 Å². The van der Waals surface area contributed by atoms with Crippen molar-refractivity contribution in [2.75, 3.05) is 32.8 Å². The first-order valence-corrected chi connectivity index (χ1v) is 6.34. The molecule has 1 heterocycles. The van der Waals surface area contributed by atoms with Gasteiger partial charge in [0.1, 0.15) is 0 Å². The second-order valence-electron chi connectivity index (χ2n) is 4.45. The Hall–Kier alpha value is -0.120. The van der Waals surface area contributed by atoms with Crippen LogP contribution in [0.2, 0.25) is 0 Å². The minimum atomic E-state index is 0.402. The largest absolute Gasteiger partial charge is 0.376 e. The smallest absolute Gasteiger partial charge is 0.0674 e. The molecule has 1 N–H and O–H groups in total. The Morgan fingerprint density at radius 1 is 1.33 bits per heavy atom. The van der Waals surface area contributed by atoms with Crippen molar-refractivity contribution in [2.24, 2.45) is 0 Å². The van der Waals surface area contributed by atoms with Gasteiger partial charge in [-0.15, -0.1) is 0 Å². The molecule has 2 unspecified atom stereocenters. The van der Waals surface area contributed by atoms with E-state index in [-0.39, 0.29) is 0 Å². The summed E-state index contributed by atoms with van der Waals surface area (Å²) in [5, 5.41) is 3.46. The summed E-state index contributed by atoms with van der Waals surface area (Å²) in [5.41, 5.74) is 0. The van der Waals surface area contributed by atoms with Crippen molar-refractivity contribution in [3.05, 3.63) is 0 Å². The zero-order chi connectivity index (χ0) is 11.1. The maximum Gasteiger partial charge on any atom is 0.0674 e. The lowest BCUT2D eigenvalue weighted by atomic mass is 10.1. The molecule has 0 aromatic carbocycles. The van der Waals surface area contributed by atoms with Crippen LogP contribution in [0.25, 0.3) is 0 Å². The molecule has 3 heteroatoms. The number of hydrogen-bond donors (Lipinski definition) is 1. The van der Waals surface area contributed by atoms with E-state index in [0.29, 0.717) is 12.1 Å². The average Bonchev–Trinajstić information content (AvgIpc) is 2.25. The van der Waals surface area contributed by atoms with Gasteiger partial charge >= 0.3 is 0 Å². The summed E-state index contributed by atoms with van der Waals surface area (Å²) in [6, 6.07) is 0.629. The molecule has 1 rings (SSSR count). The molecule has 1 aliphatic heterocycles. The second kappa shape index (κ2) is 7.20. The molecule has 3 nitrogen and oxygen atoms in total. The van der Waals surface area contributed by atoms with Gasteiger partial charge in [-0.05, 0) is 26.3 Å². The summed E-state index contributed by atoms with van der Waals surface area (Å²) in [6.07, 6.45) is 2.82. The molecule has 1 fully saturated rings. The molecule has 0 amide bonds. The highest BCUT2D eigenvalue weighted by Gasteiger charge is 2.24. The topological polar surface area (TPSA) is 24.5 Å². The maximum atomic E-state index is 5.68. The molecule has 2 atom stereocenters. The van der Waals surface area contributed by atoms with Gasteiger partial charge in [0, 0.05) is 25.7 Å². The third kappa shape index (κ3) is 4.49. The second-order valence-corrected chi connectivity index (χ2v) is 4.45. The van der Waals surface area contributed by atoms with E-state index < -0.39 is 0 Å². The van der Waals surface area contributed by atoms with Gasteiger partial charge in [-0.1, -0.05) is 13.8 Å². The Balaban J connectivity index is 2.22. The predicted molar refractivity (Wildman–Crippen MR) is 64.2 cm³/mol. The van der Waals surface area contributed by atoms with Crippen molar-refractivity contribution in [1.82, 2.24) is 10.2 Å². The summed E-state index contributed by atoms with van der Waals surface area (Å²) >= 11 is 0. The third-order valence-corrected chi connectivity index (χ3v) is 3.05. The fraction of sp³-hybridized carbons (Fsp3) is 1.00. The summed E-state index contributed by atoms with van der Waals surface area (Å²) in [6.45, 7) is 12.0. The van der Waals surface area contributed by atoms with Gasteiger partial charge < -0.3 is 10.1 Å². The molecule has 0 spiro atoms. The minimum Gasteiger partial charge on any atom is -0.376 e. The van der Waals surface area contributed by atoms with E-state index in [4.69, 9.17) is 4.74 Å². The van der Waals surface area contributed by atoms with E-state index in [0.717, 1.165) is 32.8 Å². The fourth-order valence-electron chi connectivity index (χ4n) is 2.09. The van der Waals surface area contributed by atoms with E-state index in [1.807, 2.05) is 0 Å². The molecule has 1 aliphatic rings. The molecule has 0 aliphatic carbocycles. The van der Waals surface area contributed by atoms with Crippen LogP contribution in [0.4, 0.5) is 0 Å². The molecule has 90 valence electrons. The molecular formula is C12H26N2O. The van der Waals surface area contributed by atoms with E-state index in [9.17, 15) is 0 Å². The first-order valence-electron chi connectivity index (χ1n) is 6.34. The number of hydrogen-bond acceptors (Lipinski definition) is 3. The van der Waals surface area contributed by atoms with Crippen LogP contribution in [0.5, 0.6) is 0 Å². The van der Waals surface area contributed by atoms with E-state index in [1.165, 1.54) is 12.8 Å². The lowest BCUT2D eigenvalue weighted by Gasteiger charge is -2.38. The van der Waals surface area contributed by atoms with Crippen LogP contribution >= 0.6 is 0 Å². The molecule has 0 saturated carbocycles. The van der Waals surface area contributed by atoms with Gasteiger partial charge in [0.05, 0.1) is 12.7 Å². The summed E-state index contributed by atoms with van der Waals surface area (Å²) < 4.78 is 5.68. The molecule has 0 radical (unpaired) electrons. The third-order valence-electron chi connectivity index (χ3n) is 3.05. The molecule has 0 aromatic rings. The summed E-state index contributed by atoms with van der Waals surface area (Å²) in [7, 11) is 0. The summed E-state index contributed by atoms with van der Waals surface area (Å²) in [5.74, 6) is 0. The zero-order valence-corrected chi connectivity index (χ0v) is 10.5. The Kier molecular flexibility index (Phi) is 6.22. The first-order chi connectivity index (χ1) is 7.27. The van der Waals surface area contributed by atoms with Crippen molar-refractivity contribution >= 4 is 0 Å². The molecule has 0 aromatic heterocycles. The number of ether oxygens (including phenoxy) is 1. The molecule has 1 saturated heterocycles. The highest BCUT2D eigenvalue weighted by Crippen LogP contribution is 2.13. The van der Waals surface area contributed by atoms with Crippen molar-refractivity contribution in [3.63, 3.8) is 0 Å². The average molecular weight is 214 g/mol. The lowest BCUT2D eigenvalue weighted by Crippen LogP contribution is -2.50. The van der Waals surface area contributed by atoms with Gasteiger partial charge in [0.25, 0.3) is 0 Å². The number of nitrogens with one attached hydrogen (secondary N) is 1. The van der Waals surface area contributed by atoms with Crippen molar-refractivity contribution in [2.45, 2.75) is 45.8 Å². The maximum absolute atomic E-state index is 5.68. The van der Waals surface area contributed by atoms with Crippen LogP contribution in [-0.4, -0.2) is 49.8 Å². The Morgan fingerprint density at radius 3 is 2.80 bits per heavy atom. The van der Waals surface area contributed by atoms with Crippen LogP contribution < -0.4 is 5.32 Å². The lowest BCUT2D eigenvalue weighted by molar-refractivity contribution is -0.0550. The van der Waals surface area contributed by atoms with Gasteiger partial charge in [0.15, 0.2) is 0 Å². The number of morpholine rings is 1. The van der Waals surface area contributed by atoms with Crippen LogP contribution in [0.3, 0.4) is 0 Å². The van der Waals surface area contributed by atoms with Crippen LogP contribution in [0.15, 0.2) is 0 Å². The Labute approximate surface area is 94.2 Å². The van der Waals surface area contributed by atoms with Gasteiger partial charge in [-0.2, -0.15) is 0 Å². The van der Waals surface area contributed by atoms with E-state index in [1.54, 1.807) is 0 Å². The normalized spacial score (nSPS) is 28.2. The molecular weight excluding hydrogens is 188 g/mol. The zero-order valence-electron chi connectivity index (χ0n) is 10.5. The number of nitrogens with zero attached hydrogens (tertiary/aromatic N) is 1. The summed E-state index contributed by atoms with van der Waals surface area (Å²) in [4.78, 5) is 2.57. The quantitative estimate of drug-likeness (QED) is 0.678. The van der Waals surface area contributed by atoms with Crippen molar-refractivity contribution in [1.29, 1.82) is 0 Å². The van der Waals surface area contributed by atoms with Gasteiger partial charge in [-0.25, -0.2) is 0 Å². The van der Waals surface area contributed by atoms with E-state index in [2.05, 4.69) is 31.0 Å². The van der Waals surface area contributed by atoms with Gasteiger partial charge in [0.2, 0.25) is 0 Å². The Morgan fingerprint density at radius 2 is 2.13 bits per heavy atom. The monoisotopic (exact) mass is 214 g/mol.